The molecule has 0 saturated heterocycles. The van der Waals surface area contributed by atoms with Crippen LogP contribution in [0.2, 0.25) is 0 Å². The van der Waals surface area contributed by atoms with Gasteiger partial charge in [-0.1, -0.05) is 13.0 Å². The summed E-state index contributed by atoms with van der Waals surface area (Å²) < 4.78 is 1.88. The third-order valence-electron chi connectivity index (χ3n) is 3.26. The average Bonchev–Trinajstić information content (AvgIpc) is 2.95. The van der Waals surface area contributed by atoms with Gasteiger partial charge in [0, 0.05) is 35.8 Å². The molecule has 0 radical (unpaired) electrons. The van der Waals surface area contributed by atoms with Gasteiger partial charge in [-0.3, -0.25) is 4.68 Å². The Bertz CT molecular complexity index is 487. The number of aryl methyl sites for hydroxylation is 2. The zero-order valence-corrected chi connectivity index (χ0v) is 12.3. The summed E-state index contributed by atoms with van der Waals surface area (Å²) in [7, 11) is 1.97. The minimum atomic E-state index is 0.325. The highest BCUT2D eigenvalue weighted by molar-refractivity contribution is 7.10. The highest BCUT2D eigenvalue weighted by Gasteiger charge is 2.17. The van der Waals surface area contributed by atoms with E-state index in [-0.39, 0.29) is 0 Å². The monoisotopic (exact) mass is 263 g/mol. The van der Waals surface area contributed by atoms with Gasteiger partial charge >= 0.3 is 0 Å². The largest absolute Gasteiger partial charge is 0.302 e. The maximum Gasteiger partial charge on any atom is 0.0641 e. The summed E-state index contributed by atoms with van der Waals surface area (Å²) in [5.41, 5.74) is 2.39. The van der Waals surface area contributed by atoms with E-state index in [1.165, 1.54) is 10.4 Å². The molecular weight excluding hydrogens is 242 g/mol. The maximum absolute atomic E-state index is 4.41. The lowest BCUT2D eigenvalue weighted by molar-refractivity contribution is 0.460. The van der Waals surface area contributed by atoms with Gasteiger partial charge in [-0.05, 0) is 31.7 Å². The topological polar surface area (TPSA) is 29.9 Å². The lowest BCUT2D eigenvalue weighted by Gasteiger charge is -2.21. The molecule has 3 nitrogen and oxygen atoms in total. The first-order valence-electron chi connectivity index (χ1n) is 6.41. The smallest absolute Gasteiger partial charge is 0.0641 e. The minimum absolute atomic E-state index is 0.325. The van der Waals surface area contributed by atoms with E-state index in [1.807, 2.05) is 23.1 Å². The summed E-state index contributed by atoms with van der Waals surface area (Å²) in [6.07, 6.45) is 3.21. The zero-order chi connectivity index (χ0) is 13.1. The molecule has 2 atom stereocenters. The molecule has 0 spiro atoms. The van der Waals surface area contributed by atoms with Gasteiger partial charge in [0.1, 0.15) is 0 Å². The van der Waals surface area contributed by atoms with Gasteiger partial charge in [-0.25, -0.2) is 0 Å². The molecule has 0 saturated carbocycles. The van der Waals surface area contributed by atoms with Gasteiger partial charge in [0.2, 0.25) is 0 Å². The molecule has 0 aromatic carbocycles. The van der Waals surface area contributed by atoms with Crippen molar-refractivity contribution in [2.75, 3.05) is 0 Å². The van der Waals surface area contributed by atoms with Crippen LogP contribution in [-0.4, -0.2) is 9.78 Å². The molecule has 18 heavy (non-hydrogen) atoms. The van der Waals surface area contributed by atoms with Gasteiger partial charge in [-0.2, -0.15) is 5.10 Å². The molecule has 2 aromatic heterocycles. The molecule has 0 bridgehead atoms. The number of nitrogens with one attached hydrogen (secondary N) is 1. The van der Waals surface area contributed by atoms with Crippen molar-refractivity contribution in [2.24, 2.45) is 7.05 Å². The molecule has 2 aromatic rings. The molecule has 0 amide bonds. The fraction of sp³-hybridized carbons (Fsp3) is 0.500. The Balaban J connectivity index is 2.10. The normalized spacial score (nSPS) is 14.7. The highest BCUT2D eigenvalue weighted by Crippen LogP contribution is 2.26. The van der Waals surface area contributed by atoms with Crippen molar-refractivity contribution in [3.63, 3.8) is 0 Å². The molecular formula is C14H21N3S. The lowest BCUT2D eigenvalue weighted by Crippen LogP contribution is -2.23. The van der Waals surface area contributed by atoms with Crippen molar-refractivity contribution in [3.05, 3.63) is 39.8 Å². The summed E-state index contributed by atoms with van der Waals surface area (Å²) in [5, 5.41) is 10.2. The first-order chi connectivity index (χ1) is 8.61. The van der Waals surface area contributed by atoms with E-state index in [0.717, 1.165) is 12.1 Å². The van der Waals surface area contributed by atoms with E-state index in [2.05, 4.69) is 54.9 Å². The van der Waals surface area contributed by atoms with Crippen molar-refractivity contribution in [2.45, 2.75) is 39.3 Å². The average molecular weight is 263 g/mol. The SMILES string of the molecule is CCC(NC(C)c1cn(C)nc1C)c1cccs1. The van der Waals surface area contributed by atoms with E-state index in [9.17, 15) is 0 Å². The van der Waals surface area contributed by atoms with Crippen LogP contribution in [0.1, 0.15) is 48.5 Å². The molecule has 2 rings (SSSR count). The third-order valence-corrected chi connectivity index (χ3v) is 4.25. The van der Waals surface area contributed by atoms with Crippen LogP contribution in [0, 0.1) is 6.92 Å². The Morgan fingerprint density at radius 2 is 2.28 bits per heavy atom. The molecule has 2 unspecified atom stereocenters. The van der Waals surface area contributed by atoms with Crippen LogP contribution in [0.15, 0.2) is 23.7 Å². The van der Waals surface area contributed by atoms with E-state index >= 15 is 0 Å². The van der Waals surface area contributed by atoms with Crippen molar-refractivity contribution in [1.82, 2.24) is 15.1 Å². The van der Waals surface area contributed by atoms with Gasteiger partial charge in [0.05, 0.1) is 5.69 Å². The summed E-state index contributed by atoms with van der Waals surface area (Å²) >= 11 is 1.82. The predicted molar refractivity (Wildman–Crippen MR) is 76.8 cm³/mol. The zero-order valence-electron chi connectivity index (χ0n) is 11.5. The first kappa shape index (κ1) is 13.3. The number of rotatable bonds is 5. The maximum atomic E-state index is 4.41. The molecule has 0 aliphatic heterocycles. The molecule has 98 valence electrons. The fourth-order valence-corrected chi connectivity index (χ4v) is 3.20. The van der Waals surface area contributed by atoms with E-state index in [0.29, 0.717) is 12.1 Å². The second-order valence-corrected chi connectivity index (χ2v) is 5.69. The quantitative estimate of drug-likeness (QED) is 0.893. The van der Waals surface area contributed by atoms with Crippen molar-refractivity contribution in [1.29, 1.82) is 0 Å². The Morgan fingerprint density at radius 1 is 1.50 bits per heavy atom. The molecule has 1 N–H and O–H groups in total. The van der Waals surface area contributed by atoms with Gasteiger partial charge in [-0.15, -0.1) is 11.3 Å². The van der Waals surface area contributed by atoms with Crippen LogP contribution < -0.4 is 5.32 Å². The second-order valence-electron chi connectivity index (χ2n) is 4.71. The van der Waals surface area contributed by atoms with Crippen molar-refractivity contribution < 1.29 is 0 Å². The number of aromatic nitrogens is 2. The van der Waals surface area contributed by atoms with Crippen LogP contribution >= 0.6 is 11.3 Å². The molecule has 2 heterocycles. The van der Waals surface area contributed by atoms with Crippen LogP contribution in [-0.2, 0) is 7.05 Å². The highest BCUT2D eigenvalue weighted by atomic mass is 32.1. The van der Waals surface area contributed by atoms with Gasteiger partial charge in [0.25, 0.3) is 0 Å². The number of hydrogen-bond acceptors (Lipinski definition) is 3. The van der Waals surface area contributed by atoms with Crippen molar-refractivity contribution in [3.8, 4) is 0 Å². The molecule has 0 aliphatic carbocycles. The van der Waals surface area contributed by atoms with Gasteiger partial charge in [0.15, 0.2) is 0 Å². The Kier molecular flexibility index (Phi) is 4.19. The summed E-state index contributed by atoms with van der Waals surface area (Å²) in [6, 6.07) is 5.07. The molecule has 0 fully saturated rings. The van der Waals surface area contributed by atoms with Gasteiger partial charge < -0.3 is 5.32 Å². The van der Waals surface area contributed by atoms with Crippen molar-refractivity contribution >= 4 is 11.3 Å². The summed E-state index contributed by atoms with van der Waals surface area (Å²) in [4.78, 5) is 1.41. The minimum Gasteiger partial charge on any atom is -0.302 e. The van der Waals surface area contributed by atoms with E-state index < -0.39 is 0 Å². The summed E-state index contributed by atoms with van der Waals surface area (Å²) in [6.45, 7) is 6.50. The Morgan fingerprint density at radius 3 is 2.78 bits per heavy atom. The number of nitrogens with zero attached hydrogens (tertiary/aromatic N) is 2. The van der Waals surface area contributed by atoms with E-state index in [4.69, 9.17) is 0 Å². The number of hydrogen-bond donors (Lipinski definition) is 1. The predicted octanol–water partition coefficient (Wildman–Crippen LogP) is 3.59. The van der Waals surface area contributed by atoms with E-state index in [1.54, 1.807) is 0 Å². The molecule has 0 aliphatic rings. The summed E-state index contributed by atoms with van der Waals surface area (Å²) in [5.74, 6) is 0. The number of thiophene rings is 1. The lowest BCUT2D eigenvalue weighted by atomic mass is 10.1. The standard InChI is InChI=1S/C14H21N3S/c1-5-13(14-7-6-8-18-14)15-10(2)12-9-17(4)16-11(12)3/h6-10,13,15H,5H2,1-4H3. The van der Waals surface area contributed by atoms with Crippen LogP contribution in [0.3, 0.4) is 0 Å². The first-order valence-corrected chi connectivity index (χ1v) is 7.29. The third kappa shape index (κ3) is 2.82. The van der Waals surface area contributed by atoms with Crippen LogP contribution in [0.5, 0.6) is 0 Å². The van der Waals surface area contributed by atoms with Crippen LogP contribution in [0.4, 0.5) is 0 Å². The Hall–Kier alpha value is -1.13. The Labute approximate surface area is 113 Å². The second kappa shape index (κ2) is 5.67. The molecule has 4 heteroatoms. The fourth-order valence-electron chi connectivity index (χ4n) is 2.33. The van der Waals surface area contributed by atoms with Crippen LogP contribution in [0.25, 0.3) is 0 Å².